The highest BCUT2D eigenvalue weighted by atomic mass is 32.1. The first-order valence-corrected chi connectivity index (χ1v) is 8.44. The number of hydrogen-bond acceptors (Lipinski definition) is 4. The van der Waals surface area contributed by atoms with Gasteiger partial charge in [-0.15, -0.1) is 11.3 Å². The lowest BCUT2D eigenvalue weighted by molar-refractivity contribution is 0.0956. The van der Waals surface area contributed by atoms with Gasteiger partial charge in [0.2, 0.25) is 0 Å². The lowest BCUT2D eigenvalue weighted by Crippen LogP contribution is -2.21. The SMILES string of the molecule is O=C(Nc1ccccc1C(=O)N/N=C\c1cccs1)c1ccccc1. The van der Waals surface area contributed by atoms with Crippen LogP contribution in [0.15, 0.2) is 77.2 Å². The number of thiophene rings is 1. The Balaban J connectivity index is 1.72. The molecular weight excluding hydrogens is 334 g/mol. The van der Waals surface area contributed by atoms with Gasteiger partial charge >= 0.3 is 0 Å². The van der Waals surface area contributed by atoms with E-state index in [1.54, 1.807) is 54.7 Å². The maximum absolute atomic E-state index is 12.3. The zero-order chi connectivity index (χ0) is 17.5. The molecular formula is C19H15N3O2S. The molecule has 124 valence electrons. The molecule has 0 radical (unpaired) electrons. The van der Waals surface area contributed by atoms with Gasteiger partial charge in [0.05, 0.1) is 17.5 Å². The minimum Gasteiger partial charge on any atom is -0.321 e. The van der Waals surface area contributed by atoms with Crippen LogP contribution in [0.3, 0.4) is 0 Å². The van der Waals surface area contributed by atoms with Crippen molar-refractivity contribution in [1.82, 2.24) is 5.43 Å². The summed E-state index contributed by atoms with van der Waals surface area (Å²) in [6.45, 7) is 0. The molecule has 6 heteroatoms. The van der Waals surface area contributed by atoms with E-state index in [1.165, 1.54) is 11.3 Å². The smallest absolute Gasteiger partial charge is 0.273 e. The number of nitrogens with one attached hydrogen (secondary N) is 2. The van der Waals surface area contributed by atoms with Crippen LogP contribution in [0, 0.1) is 0 Å². The van der Waals surface area contributed by atoms with E-state index in [4.69, 9.17) is 0 Å². The third-order valence-electron chi connectivity index (χ3n) is 3.36. The molecule has 0 unspecified atom stereocenters. The van der Waals surface area contributed by atoms with Gasteiger partial charge in [0.25, 0.3) is 11.8 Å². The highest BCUT2D eigenvalue weighted by Crippen LogP contribution is 2.16. The summed E-state index contributed by atoms with van der Waals surface area (Å²) in [7, 11) is 0. The van der Waals surface area contributed by atoms with Crippen molar-refractivity contribution in [3.05, 3.63) is 88.1 Å². The molecule has 0 aliphatic heterocycles. The number of benzene rings is 2. The van der Waals surface area contributed by atoms with Gasteiger partial charge in [-0.05, 0) is 35.7 Å². The summed E-state index contributed by atoms with van der Waals surface area (Å²) >= 11 is 1.52. The van der Waals surface area contributed by atoms with Gasteiger partial charge in [0, 0.05) is 10.4 Å². The standard InChI is InChI=1S/C19H15N3O2S/c23-18(14-7-2-1-3-8-14)21-17-11-5-4-10-16(17)19(24)22-20-13-15-9-6-12-25-15/h1-13H,(H,21,23)(H,22,24)/b20-13-. The van der Waals surface area contributed by atoms with Crippen LogP contribution < -0.4 is 10.7 Å². The monoisotopic (exact) mass is 349 g/mol. The van der Waals surface area contributed by atoms with Crippen molar-refractivity contribution in [2.45, 2.75) is 0 Å². The molecule has 5 nitrogen and oxygen atoms in total. The van der Waals surface area contributed by atoms with Crippen LogP contribution in [0.25, 0.3) is 0 Å². The third-order valence-corrected chi connectivity index (χ3v) is 4.16. The maximum Gasteiger partial charge on any atom is 0.273 e. The molecule has 2 N–H and O–H groups in total. The van der Waals surface area contributed by atoms with Gasteiger partial charge in [-0.2, -0.15) is 5.10 Å². The Morgan fingerprint density at radius 3 is 2.40 bits per heavy atom. The molecule has 0 saturated heterocycles. The minimum absolute atomic E-state index is 0.275. The topological polar surface area (TPSA) is 70.6 Å². The summed E-state index contributed by atoms with van der Waals surface area (Å²) in [5.41, 5.74) is 3.77. The van der Waals surface area contributed by atoms with Crippen molar-refractivity contribution in [3.8, 4) is 0 Å². The van der Waals surface area contributed by atoms with Gasteiger partial charge < -0.3 is 5.32 Å². The number of nitrogens with zero attached hydrogens (tertiary/aromatic N) is 1. The van der Waals surface area contributed by atoms with E-state index < -0.39 is 5.91 Å². The molecule has 0 saturated carbocycles. The van der Waals surface area contributed by atoms with Gasteiger partial charge in [-0.25, -0.2) is 5.43 Å². The maximum atomic E-state index is 12.3. The quantitative estimate of drug-likeness (QED) is 0.544. The van der Waals surface area contributed by atoms with E-state index >= 15 is 0 Å². The summed E-state index contributed by atoms with van der Waals surface area (Å²) in [5, 5.41) is 8.63. The normalized spacial score (nSPS) is 10.6. The Labute approximate surface area is 149 Å². The first-order chi connectivity index (χ1) is 12.2. The van der Waals surface area contributed by atoms with Crippen molar-refractivity contribution >= 4 is 35.1 Å². The first kappa shape index (κ1) is 16.6. The van der Waals surface area contributed by atoms with Crippen molar-refractivity contribution in [1.29, 1.82) is 0 Å². The Bertz CT molecular complexity index is 890. The number of amides is 2. The molecule has 2 amide bonds. The van der Waals surface area contributed by atoms with Crippen molar-refractivity contribution in [2.24, 2.45) is 5.10 Å². The number of hydrogen-bond donors (Lipinski definition) is 2. The molecule has 0 fully saturated rings. The fourth-order valence-electron chi connectivity index (χ4n) is 2.15. The highest BCUT2D eigenvalue weighted by molar-refractivity contribution is 7.11. The van der Waals surface area contributed by atoms with Crippen LogP contribution in [0.4, 0.5) is 5.69 Å². The molecule has 0 spiro atoms. The first-order valence-electron chi connectivity index (χ1n) is 7.56. The fraction of sp³-hybridized carbons (Fsp3) is 0. The van der Waals surface area contributed by atoms with E-state index in [0.29, 0.717) is 16.8 Å². The van der Waals surface area contributed by atoms with Crippen LogP contribution >= 0.6 is 11.3 Å². The Morgan fingerprint density at radius 1 is 0.880 bits per heavy atom. The summed E-state index contributed by atoms with van der Waals surface area (Å²) in [5.74, 6) is -0.667. The second kappa shape index (κ2) is 8.03. The molecule has 3 aromatic rings. The molecule has 0 atom stereocenters. The van der Waals surface area contributed by atoms with Crippen molar-refractivity contribution in [3.63, 3.8) is 0 Å². The number of anilines is 1. The van der Waals surface area contributed by atoms with Crippen LogP contribution in [-0.2, 0) is 0 Å². The van der Waals surface area contributed by atoms with E-state index in [2.05, 4.69) is 15.8 Å². The molecule has 0 bridgehead atoms. The summed E-state index contributed by atoms with van der Waals surface area (Å²) in [6, 6.07) is 19.4. The summed E-state index contributed by atoms with van der Waals surface area (Å²) in [4.78, 5) is 25.6. The molecule has 2 aromatic carbocycles. The van der Waals surface area contributed by atoms with Crippen LogP contribution in [0.1, 0.15) is 25.6 Å². The number of carbonyl (C=O) groups excluding carboxylic acids is 2. The van der Waals surface area contributed by atoms with E-state index in [-0.39, 0.29) is 5.91 Å². The summed E-state index contributed by atoms with van der Waals surface area (Å²) < 4.78 is 0. The number of rotatable bonds is 5. The van der Waals surface area contributed by atoms with Crippen LogP contribution in [-0.4, -0.2) is 18.0 Å². The lowest BCUT2D eigenvalue weighted by Gasteiger charge is -2.10. The Hall–Kier alpha value is -3.25. The number of carbonyl (C=O) groups is 2. The molecule has 1 aromatic heterocycles. The van der Waals surface area contributed by atoms with Crippen LogP contribution in [0.2, 0.25) is 0 Å². The van der Waals surface area contributed by atoms with E-state index in [0.717, 1.165) is 4.88 Å². The van der Waals surface area contributed by atoms with Gasteiger partial charge in [0.15, 0.2) is 0 Å². The molecule has 0 aliphatic carbocycles. The average Bonchev–Trinajstić information content (AvgIpc) is 3.16. The fourth-order valence-corrected chi connectivity index (χ4v) is 2.74. The zero-order valence-corrected chi connectivity index (χ0v) is 14.0. The largest absolute Gasteiger partial charge is 0.321 e. The molecule has 0 aliphatic rings. The van der Waals surface area contributed by atoms with E-state index in [1.807, 2.05) is 23.6 Å². The van der Waals surface area contributed by atoms with E-state index in [9.17, 15) is 9.59 Å². The molecule has 3 rings (SSSR count). The second-order valence-electron chi connectivity index (χ2n) is 5.08. The minimum atomic E-state index is -0.392. The zero-order valence-electron chi connectivity index (χ0n) is 13.2. The Kier molecular flexibility index (Phi) is 5.33. The van der Waals surface area contributed by atoms with Crippen molar-refractivity contribution in [2.75, 3.05) is 5.32 Å². The Morgan fingerprint density at radius 2 is 1.64 bits per heavy atom. The second-order valence-corrected chi connectivity index (χ2v) is 6.06. The number of hydrazone groups is 1. The van der Waals surface area contributed by atoms with Crippen molar-refractivity contribution < 1.29 is 9.59 Å². The molecule has 1 heterocycles. The number of para-hydroxylation sites is 1. The average molecular weight is 349 g/mol. The molecule has 25 heavy (non-hydrogen) atoms. The van der Waals surface area contributed by atoms with Gasteiger partial charge in [-0.1, -0.05) is 36.4 Å². The van der Waals surface area contributed by atoms with Gasteiger partial charge in [-0.3, -0.25) is 9.59 Å². The summed E-state index contributed by atoms with van der Waals surface area (Å²) in [6.07, 6.45) is 1.58. The highest BCUT2D eigenvalue weighted by Gasteiger charge is 2.13. The van der Waals surface area contributed by atoms with Crippen LogP contribution in [0.5, 0.6) is 0 Å². The predicted molar refractivity (Wildman–Crippen MR) is 100 cm³/mol. The van der Waals surface area contributed by atoms with Gasteiger partial charge in [0.1, 0.15) is 0 Å². The third kappa shape index (κ3) is 4.39. The lowest BCUT2D eigenvalue weighted by atomic mass is 10.1. The predicted octanol–water partition coefficient (Wildman–Crippen LogP) is 3.76.